The second kappa shape index (κ2) is 6.13. The number of nitrogens with zero attached hydrogens (tertiary/aromatic N) is 2. The summed E-state index contributed by atoms with van der Waals surface area (Å²) in [5.74, 6) is 0.473. The number of aromatic amines is 1. The predicted octanol–water partition coefficient (Wildman–Crippen LogP) is 1.36. The van der Waals surface area contributed by atoms with Gasteiger partial charge in [-0.25, -0.2) is 18.1 Å². The first-order valence-electron chi connectivity index (χ1n) is 6.40. The minimum absolute atomic E-state index is 0.0836. The molecule has 0 aromatic carbocycles. The van der Waals surface area contributed by atoms with Gasteiger partial charge in [0.2, 0.25) is 10.0 Å². The van der Waals surface area contributed by atoms with E-state index in [4.69, 9.17) is 0 Å². The molecule has 10 heteroatoms. The van der Waals surface area contributed by atoms with E-state index in [2.05, 4.69) is 41.2 Å². The molecule has 0 unspecified atom stereocenters. The van der Waals surface area contributed by atoms with Crippen LogP contribution in [0.2, 0.25) is 0 Å². The molecule has 0 atom stereocenters. The van der Waals surface area contributed by atoms with E-state index in [9.17, 15) is 8.42 Å². The van der Waals surface area contributed by atoms with Gasteiger partial charge in [-0.15, -0.1) is 11.3 Å². The largest absolute Gasteiger partial charge is 0.309 e. The first-order valence-corrected chi connectivity index (χ1v) is 9.49. The number of nitrogens with one attached hydrogen (secondary N) is 3. The van der Waals surface area contributed by atoms with Crippen molar-refractivity contribution in [3.05, 3.63) is 26.9 Å². The number of hydrogen-bond acceptors (Lipinski definition) is 6. The summed E-state index contributed by atoms with van der Waals surface area (Å²) < 4.78 is 27.7. The molecule has 2 aromatic heterocycles. The van der Waals surface area contributed by atoms with E-state index in [0.29, 0.717) is 22.2 Å². The summed E-state index contributed by atoms with van der Waals surface area (Å²) in [6.45, 7) is 0.784. The van der Waals surface area contributed by atoms with Gasteiger partial charge in [-0.05, 0) is 34.8 Å². The minimum atomic E-state index is -3.57. The predicted molar refractivity (Wildman–Crippen MR) is 82.3 cm³/mol. The first-order chi connectivity index (χ1) is 10.0. The normalized spacial score (nSPS) is 15.5. The summed E-state index contributed by atoms with van der Waals surface area (Å²) in [4.78, 5) is 5.14. The average Bonchev–Trinajstić information content (AvgIpc) is 2.97. The highest BCUT2D eigenvalue weighted by Gasteiger charge is 2.23. The second-order valence-corrected chi connectivity index (χ2v) is 8.95. The van der Waals surface area contributed by atoms with Crippen LogP contribution < -0.4 is 10.0 Å². The third-order valence-corrected chi connectivity index (χ3v) is 6.69. The van der Waals surface area contributed by atoms with Crippen LogP contribution in [0, 0.1) is 0 Å². The highest BCUT2D eigenvalue weighted by molar-refractivity contribution is 9.11. The van der Waals surface area contributed by atoms with Gasteiger partial charge >= 0.3 is 0 Å². The Morgan fingerprint density at radius 1 is 1.43 bits per heavy atom. The van der Waals surface area contributed by atoms with Gasteiger partial charge in [0.1, 0.15) is 17.0 Å². The maximum Gasteiger partial charge on any atom is 0.242 e. The highest BCUT2D eigenvalue weighted by atomic mass is 79.9. The Morgan fingerprint density at radius 2 is 2.24 bits per heavy atom. The van der Waals surface area contributed by atoms with Gasteiger partial charge in [-0.2, -0.15) is 5.10 Å². The standard InChI is InChI=1S/C11H14BrN5O2S2/c12-11-9(3-8(20-11)4-13-7-1-2-7)21(18,19)16-5-10-14-6-15-17-10/h3,6-7,13,16H,1-2,4-5H2,(H,14,15,17). The average molecular weight is 392 g/mol. The number of rotatable bonds is 7. The molecule has 2 heterocycles. The van der Waals surface area contributed by atoms with Crippen molar-refractivity contribution in [2.45, 2.75) is 36.9 Å². The molecule has 1 fully saturated rings. The van der Waals surface area contributed by atoms with E-state index >= 15 is 0 Å². The molecule has 0 saturated heterocycles. The first kappa shape index (κ1) is 15.1. The number of thiophene rings is 1. The Hall–Kier alpha value is -0.810. The molecule has 1 aliphatic carbocycles. The maximum atomic E-state index is 12.3. The Morgan fingerprint density at radius 3 is 2.90 bits per heavy atom. The molecular weight excluding hydrogens is 378 g/mol. The molecule has 3 rings (SSSR count). The third-order valence-electron chi connectivity index (χ3n) is 3.03. The van der Waals surface area contributed by atoms with Crippen LogP contribution in [0.4, 0.5) is 0 Å². The zero-order valence-corrected chi connectivity index (χ0v) is 14.2. The molecule has 0 aliphatic heterocycles. The lowest BCUT2D eigenvalue weighted by molar-refractivity contribution is 0.579. The number of H-pyrrole nitrogens is 1. The lowest BCUT2D eigenvalue weighted by atomic mass is 10.4. The summed E-state index contributed by atoms with van der Waals surface area (Å²) in [5.41, 5.74) is 0. The fourth-order valence-corrected chi connectivity index (χ4v) is 5.38. The number of hydrogen-bond donors (Lipinski definition) is 3. The second-order valence-electron chi connectivity index (χ2n) is 4.76. The lowest BCUT2D eigenvalue weighted by Gasteiger charge is -2.03. The molecule has 2 aromatic rings. The zero-order chi connectivity index (χ0) is 14.9. The quantitative estimate of drug-likeness (QED) is 0.661. The van der Waals surface area contributed by atoms with Crippen LogP contribution in [0.15, 0.2) is 21.1 Å². The molecule has 1 aliphatic rings. The van der Waals surface area contributed by atoms with E-state index in [-0.39, 0.29) is 11.4 Å². The third kappa shape index (κ3) is 3.89. The Kier molecular flexibility index (Phi) is 4.41. The van der Waals surface area contributed by atoms with E-state index in [1.807, 2.05) is 0 Å². The summed E-state index contributed by atoms with van der Waals surface area (Å²) in [5, 5.41) is 9.66. The van der Waals surface area contributed by atoms with Gasteiger partial charge < -0.3 is 5.32 Å². The molecule has 3 N–H and O–H groups in total. The molecule has 114 valence electrons. The molecular formula is C11H14BrN5O2S2. The molecule has 0 amide bonds. The van der Waals surface area contributed by atoms with Crippen LogP contribution in [0.25, 0.3) is 0 Å². The molecule has 21 heavy (non-hydrogen) atoms. The van der Waals surface area contributed by atoms with Crippen molar-refractivity contribution in [2.75, 3.05) is 0 Å². The number of sulfonamides is 1. The van der Waals surface area contributed by atoms with Gasteiger partial charge in [0.05, 0.1) is 10.3 Å². The lowest BCUT2D eigenvalue weighted by Crippen LogP contribution is -2.23. The molecule has 7 nitrogen and oxygen atoms in total. The highest BCUT2D eigenvalue weighted by Crippen LogP contribution is 2.32. The molecule has 1 saturated carbocycles. The molecule has 0 bridgehead atoms. The fraction of sp³-hybridized carbons (Fsp3) is 0.455. The van der Waals surface area contributed by atoms with Gasteiger partial charge in [0.15, 0.2) is 0 Å². The van der Waals surface area contributed by atoms with Crippen molar-refractivity contribution in [2.24, 2.45) is 0 Å². The van der Waals surface area contributed by atoms with Crippen molar-refractivity contribution in [3.63, 3.8) is 0 Å². The fourth-order valence-electron chi connectivity index (χ4n) is 1.76. The van der Waals surface area contributed by atoms with Crippen molar-refractivity contribution in [3.8, 4) is 0 Å². The Labute approximate surface area is 134 Å². The van der Waals surface area contributed by atoms with E-state index in [1.165, 1.54) is 30.5 Å². The van der Waals surface area contributed by atoms with Crippen LogP contribution in [-0.2, 0) is 23.1 Å². The SMILES string of the molecule is O=S(=O)(NCc1ncn[nH]1)c1cc(CNC2CC2)sc1Br. The Balaban J connectivity index is 1.68. The van der Waals surface area contributed by atoms with Crippen LogP contribution in [0.1, 0.15) is 23.5 Å². The van der Waals surface area contributed by atoms with E-state index in [1.54, 1.807) is 6.07 Å². The van der Waals surface area contributed by atoms with Crippen molar-refractivity contribution >= 4 is 37.3 Å². The van der Waals surface area contributed by atoms with Crippen LogP contribution >= 0.6 is 27.3 Å². The topological polar surface area (TPSA) is 99.8 Å². The van der Waals surface area contributed by atoms with Gasteiger partial charge in [0, 0.05) is 17.5 Å². The zero-order valence-electron chi connectivity index (χ0n) is 11.0. The molecule has 0 spiro atoms. The number of halogens is 1. The van der Waals surface area contributed by atoms with Crippen LogP contribution in [0.3, 0.4) is 0 Å². The van der Waals surface area contributed by atoms with Crippen LogP contribution in [0.5, 0.6) is 0 Å². The van der Waals surface area contributed by atoms with E-state index < -0.39 is 10.0 Å². The van der Waals surface area contributed by atoms with Gasteiger partial charge in [-0.3, -0.25) is 5.10 Å². The minimum Gasteiger partial charge on any atom is -0.309 e. The summed E-state index contributed by atoms with van der Waals surface area (Å²) >= 11 is 4.76. The van der Waals surface area contributed by atoms with Crippen molar-refractivity contribution < 1.29 is 8.42 Å². The van der Waals surface area contributed by atoms with Crippen molar-refractivity contribution in [1.29, 1.82) is 0 Å². The monoisotopic (exact) mass is 391 g/mol. The number of aromatic nitrogens is 3. The Bertz CT molecular complexity index is 709. The molecule has 0 radical (unpaired) electrons. The summed E-state index contributed by atoms with van der Waals surface area (Å²) in [6.07, 6.45) is 3.75. The van der Waals surface area contributed by atoms with Crippen LogP contribution in [-0.4, -0.2) is 29.6 Å². The van der Waals surface area contributed by atoms with E-state index in [0.717, 1.165) is 4.88 Å². The van der Waals surface area contributed by atoms with Gasteiger partial charge in [-0.1, -0.05) is 0 Å². The summed E-state index contributed by atoms with van der Waals surface area (Å²) in [7, 11) is -3.57. The smallest absolute Gasteiger partial charge is 0.242 e. The van der Waals surface area contributed by atoms with Gasteiger partial charge in [0.25, 0.3) is 0 Å². The summed E-state index contributed by atoms with van der Waals surface area (Å²) in [6, 6.07) is 2.29. The van der Waals surface area contributed by atoms with Crippen molar-refractivity contribution in [1.82, 2.24) is 25.2 Å². The maximum absolute atomic E-state index is 12.3.